The number of nitrogens with one attached hydrogen (secondary N) is 1. The summed E-state index contributed by atoms with van der Waals surface area (Å²) in [7, 11) is 1.59. The Balaban J connectivity index is 2.24. The molecule has 0 radical (unpaired) electrons. The number of carboxylic acid groups (broad SMARTS) is 1. The first-order valence-electron chi connectivity index (χ1n) is 7.12. The normalized spacial score (nSPS) is 10.2. The molecule has 0 saturated heterocycles. The van der Waals surface area contributed by atoms with Crippen LogP contribution >= 0.6 is 11.6 Å². The number of hydrogen-bond donors (Lipinski definition) is 2. The van der Waals surface area contributed by atoms with Gasteiger partial charge in [0.1, 0.15) is 0 Å². The summed E-state index contributed by atoms with van der Waals surface area (Å²) in [6, 6.07) is 10.1. The monoisotopic (exact) mass is 335 g/mol. The fraction of sp³-hybridized carbons (Fsp3) is 0.235. The second-order valence-electron chi connectivity index (χ2n) is 4.73. The number of aromatic carboxylic acids is 1. The predicted molar refractivity (Wildman–Crippen MR) is 89.9 cm³/mol. The zero-order valence-corrected chi connectivity index (χ0v) is 13.7. The van der Waals surface area contributed by atoms with E-state index in [1.807, 2.05) is 25.1 Å². The van der Waals surface area contributed by atoms with Gasteiger partial charge in [-0.3, -0.25) is 0 Å². The van der Waals surface area contributed by atoms with Crippen LogP contribution in [0.1, 0.15) is 22.8 Å². The van der Waals surface area contributed by atoms with Crippen LogP contribution < -0.4 is 14.8 Å². The molecule has 23 heavy (non-hydrogen) atoms. The molecule has 2 aromatic carbocycles. The summed E-state index contributed by atoms with van der Waals surface area (Å²) in [5.74, 6) is 0.313. The van der Waals surface area contributed by atoms with Gasteiger partial charge < -0.3 is 19.9 Å². The third-order valence-corrected chi connectivity index (χ3v) is 3.58. The van der Waals surface area contributed by atoms with Crippen LogP contribution in [-0.4, -0.2) is 24.8 Å². The van der Waals surface area contributed by atoms with Gasteiger partial charge in [-0.05, 0) is 31.2 Å². The number of benzene rings is 2. The predicted octanol–water partition coefficient (Wildman–Crippen LogP) is 4.06. The molecule has 2 aromatic rings. The molecule has 0 aliphatic heterocycles. The van der Waals surface area contributed by atoms with Crippen molar-refractivity contribution in [3.63, 3.8) is 0 Å². The van der Waals surface area contributed by atoms with Crippen molar-refractivity contribution in [2.75, 3.05) is 19.0 Å². The van der Waals surface area contributed by atoms with Crippen LogP contribution in [0.3, 0.4) is 0 Å². The lowest BCUT2D eigenvalue weighted by Gasteiger charge is -2.15. The Morgan fingerprint density at radius 3 is 2.74 bits per heavy atom. The van der Waals surface area contributed by atoms with Crippen molar-refractivity contribution in [1.82, 2.24) is 0 Å². The van der Waals surface area contributed by atoms with E-state index in [2.05, 4.69) is 5.32 Å². The molecular formula is C17H18ClNO4. The number of halogens is 1. The number of methoxy groups -OCH3 is 1. The minimum atomic E-state index is -0.999. The third-order valence-electron chi connectivity index (χ3n) is 3.25. The van der Waals surface area contributed by atoms with E-state index in [1.165, 1.54) is 12.1 Å². The lowest BCUT2D eigenvalue weighted by atomic mass is 10.1. The molecule has 0 amide bonds. The van der Waals surface area contributed by atoms with Gasteiger partial charge in [-0.25, -0.2) is 4.79 Å². The zero-order valence-electron chi connectivity index (χ0n) is 12.9. The molecule has 0 aliphatic rings. The highest BCUT2D eigenvalue weighted by atomic mass is 35.5. The highest BCUT2D eigenvalue weighted by Gasteiger charge is 2.12. The molecule has 0 fully saturated rings. The first-order chi connectivity index (χ1) is 11.1. The highest BCUT2D eigenvalue weighted by Crippen LogP contribution is 2.32. The Morgan fingerprint density at radius 2 is 2.09 bits per heavy atom. The van der Waals surface area contributed by atoms with E-state index >= 15 is 0 Å². The smallest absolute Gasteiger partial charge is 0.335 e. The Labute approximate surface area is 139 Å². The van der Waals surface area contributed by atoms with E-state index in [-0.39, 0.29) is 5.56 Å². The van der Waals surface area contributed by atoms with E-state index in [1.54, 1.807) is 13.2 Å². The quantitative estimate of drug-likeness (QED) is 0.798. The standard InChI is InChI=1S/C17H18ClNO4/c1-3-23-16-12(5-4-6-15(16)22-2)10-19-14-9-11(17(20)21)7-8-13(14)18/h4-9,19H,3,10H2,1-2H3,(H,20,21). The number of carbonyl (C=O) groups is 1. The number of para-hydroxylation sites is 1. The van der Waals surface area contributed by atoms with Crippen LogP contribution in [0.4, 0.5) is 5.69 Å². The molecular weight excluding hydrogens is 318 g/mol. The fourth-order valence-electron chi connectivity index (χ4n) is 2.15. The van der Waals surface area contributed by atoms with Crippen molar-refractivity contribution >= 4 is 23.3 Å². The molecule has 0 atom stereocenters. The summed E-state index contributed by atoms with van der Waals surface area (Å²) >= 11 is 6.12. The second-order valence-corrected chi connectivity index (χ2v) is 5.14. The van der Waals surface area contributed by atoms with Gasteiger partial charge in [0.15, 0.2) is 11.5 Å². The first kappa shape index (κ1) is 17.0. The van der Waals surface area contributed by atoms with Crippen LogP contribution in [0.15, 0.2) is 36.4 Å². The molecule has 0 aliphatic carbocycles. The minimum Gasteiger partial charge on any atom is -0.493 e. The number of ether oxygens (including phenoxy) is 2. The van der Waals surface area contributed by atoms with Crippen molar-refractivity contribution in [2.24, 2.45) is 0 Å². The van der Waals surface area contributed by atoms with Crippen molar-refractivity contribution in [3.05, 3.63) is 52.5 Å². The highest BCUT2D eigenvalue weighted by molar-refractivity contribution is 6.33. The molecule has 122 valence electrons. The Kier molecular flexibility index (Phi) is 5.71. The Hall–Kier alpha value is -2.40. The zero-order chi connectivity index (χ0) is 16.8. The maximum absolute atomic E-state index is 11.1. The Morgan fingerprint density at radius 1 is 1.30 bits per heavy atom. The van der Waals surface area contributed by atoms with Gasteiger partial charge in [-0.15, -0.1) is 0 Å². The van der Waals surface area contributed by atoms with Gasteiger partial charge in [0.2, 0.25) is 0 Å². The SMILES string of the molecule is CCOc1c(CNc2cc(C(=O)O)ccc2Cl)cccc1OC. The summed E-state index contributed by atoms with van der Waals surface area (Å²) in [5.41, 5.74) is 1.62. The van der Waals surface area contributed by atoms with Crippen molar-refractivity contribution in [3.8, 4) is 11.5 Å². The van der Waals surface area contributed by atoms with E-state index in [9.17, 15) is 4.79 Å². The topological polar surface area (TPSA) is 67.8 Å². The van der Waals surface area contributed by atoms with Crippen LogP contribution in [0, 0.1) is 0 Å². The molecule has 0 spiro atoms. The maximum atomic E-state index is 11.1. The molecule has 0 heterocycles. The van der Waals surface area contributed by atoms with Crippen LogP contribution in [0.2, 0.25) is 5.02 Å². The van der Waals surface area contributed by atoms with Gasteiger partial charge in [0.05, 0.1) is 30.0 Å². The van der Waals surface area contributed by atoms with Crippen LogP contribution in [-0.2, 0) is 6.54 Å². The summed E-state index contributed by atoms with van der Waals surface area (Å²) in [4.78, 5) is 11.1. The van der Waals surface area contributed by atoms with Crippen molar-refractivity contribution in [1.29, 1.82) is 0 Å². The van der Waals surface area contributed by atoms with Crippen LogP contribution in [0.5, 0.6) is 11.5 Å². The average Bonchev–Trinajstić information content (AvgIpc) is 2.55. The summed E-state index contributed by atoms with van der Waals surface area (Å²) in [6.45, 7) is 2.84. The lowest BCUT2D eigenvalue weighted by Crippen LogP contribution is -2.06. The third kappa shape index (κ3) is 4.07. The van der Waals surface area contributed by atoms with E-state index in [0.29, 0.717) is 35.4 Å². The summed E-state index contributed by atoms with van der Waals surface area (Å²) in [6.07, 6.45) is 0. The summed E-state index contributed by atoms with van der Waals surface area (Å²) < 4.78 is 11.0. The fourth-order valence-corrected chi connectivity index (χ4v) is 2.34. The molecule has 2 N–H and O–H groups in total. The van der Waals surface area contributed by atoms with Gasteiger partial charge >= 0.3 is 5.97 Å². The second kappa shape index (κ2) is 7.74. The number of rotatable bonds is 7. The molecule has 0 saturated carbocycles. The van der Waals surface area contributed by atoms with Gasteiger partial charge in [-0.2, -0.15) is 0 Å². The van der Waals surface area contributed by atoms with E-state index < -0.39 is 5.97 Å². The summed E-state index contributed by atoms with van der Waals surface area (Å²) in [5, 5.41) is 12.7. The van der Waals surface area contributed by atoms with Gasteiger partial charge in [0.25, 0.3) is 0 Å². The molecule has 0 bridgehead atoms. The number of carboxylic acids is 1. The Bertz CT molecular complexity index is 703. The van der Waals surface area contributed by atoms with Gasteiger partial charge in [-0.1, -0.05) is 23.7 Å². The molecule has 0 aromatic heterocycles. The van der Waals surface area contributed by atoms with E-state index in [0.717, 1.165) is 5.56 Å². The molecule has 6 heteroatoms. The van der Waals surface area contributed by atoms with Gasteiger partial charge in [0, 0.05) is 12.1 Å². The number of hydrogen-bond acceptors (Lipinski definition) is 4. The van der Waals surface area contributed by atoms with Crippen molar-refractivity contribution in [2.45, 2.75) is 13.5 Å². The van der Waals surface area contributed by atoms with Crippen molar-refractivity contribution < 1.29 is 19.4 Å². The number of anilines is 1. The average molecular weight is 336 g/mol. The molecule has 5 nitrogen and oxygen atoms in total. The van der Waals surface area contributed by atoms with Crippen LogP contribution in [0.25, 0.3) is 0 Å². The first-order valence-corrected chi connectivity index (χ1v) is 7.50. The lowest BCUT2D eigenvalue weighted by molar-refractivity contribution is 0.0697. The molecule has 2 rings (SSSR count). The van der Waals surface area contributed by atoms with E-state index in [4.69, 9.17) is 26.2 Å². The minimum absolute atomic E-state index is 0.174. The largest absolute Gasteiger partial charge is 0.493 e. The maximum Gasteiger partial charge on any atom is 0.335 e. The molecule has 0 unspecified atom stereocenters.